The highest BCUT2D eigenvalue weighted by Gasteiger charge is 2.14. The first-order chi connectivity index (χ1) is 8.29. The fourth-order valence-electron chi connectivity index (χ4n) is 2.48. The number of ether oxygens (including phenoxy) is 1. The first kappa shape index (κ1) is 12.6. The maximum Gasteiger partial charge on any atom is 0.121 e. The van der Waals surface area contributed by atoms with Gasteiger partial charge in [-0.1, -0.05) is 37.3 Å². The fraction of sp³-hybridized carbons (Fsp3) is 0.571. The van der Waals surface area contributed by atoms with Gasteiger partial charge in [-0.3, -0.25) is 0 Å². The molecule has 1 aliphatic rings. The molecule has 0 aliphatic heterocycles. The fourth-order valence-corrected chi connectivity index (χ4v) is 2.66. The van der Waals surface area contributed by atoms with Gasteiger partial charge in [-0.25, -0.2) is 0 Å². The van der Waals surface area contributed by atoms with Crippen LogP contribution in [0.2, 0.25) is 5.02 Å². The van der Waals surface area contributed by atoms with Crippen LogP contribution in [0.1, 0.15) is 32.1 Å². The standard InChI is InChI=1S/C14H20ClNO/c1-17-12-6-7-13(15)14(10-12)16-9-8-11-4-2-3-5-11/h6-7,10-11,16H,2-5,8-9H2,1H3. The minimum absolute atomic E-state index is 0.761. The van der Waals surface area contributed by atoms with E-state index in [1.165, 1.54) is 32.1 Å². The Balaban J connectivity index is 1.84. The van der Waals surface area contributed by atoms with E-state index in [2.05, 4.69) is 5.32 Å². The molecule has 0 radical (unpaired) electrons. The Morgan fingerprint density at radius 2 is 2.12 bits per heavy atom. The van der Waals surface area contributed by atoms with Gasteiger partial charge in [-0.2, -0.15) is 0 Å². The predicted octanol–water partition coefficient (Wildman–Crippen LogP) is 4.34. The van der Waals surface area contributed by atoms with Crippen LogP contribution < -0.4 is 10.1 Å². The zero-order valence-electron chi connectivity index (χ0n) is 10.3. The number of halogens is 1. The number of hydrogen-bond donors (Lipinski definition) is 1. The number of rotatable bonds is 5. The first-order valence-electron chi connectivity index (χ1n) is 6.37. The average molecular weight is 254 g/mol. The molecule has 3 heteroatoms. The van der Waals surface area contributed by atoms with Gasteiger partial charge in [0.25, 0.3) is 0 Å². The molecule has 1 N–H and O–H groups in total. The molecule has 0 aromatic heterocycles. The van der Waals surface area contributed by atoms with Gasteiger partial charge in [-0.15, -0.1) is 0 Å². The summed E-state index contributed by atoms with van der Waals surface area (Å²) in [5, 5.41) is 4.16. The lowest BCUT2D eigenvalue weighted by molar-refractivity contribution is 0.415. The SMILES string of the molecule is COc1ccc(Cl)c(NCCC2CCCC2)c1. The zero-order chi connectivity index (χ0) is 12.1. The van der Waals surface area contributed by atoms with E-state index in [-0.39, 0.29) is 0 Å². The summed E-state index contributed by atoms with van der Waals surface area (Å²) in [6, 6.07) is 5.71. The first-order valence-corrected chi connectivity index (χ1v) is 6.75. The van der Waals surface area contributed by atoms with Crippen molar-refractivity contribution in [2.75, 3.05) is 19.0 Å². The van der Waals surface area contributed by atoms with E-state index in [0.29, 0.717) is 0 Å². The summed E-state index contributed by atoms with van der Waals surface area (Å²) in [6.45, 7) is 0.998. The molecule has 2 rings (SSSR count). The van der Waals surface area contributed by atoms with Gasteiger partial charge in [-0.05, 0) is 24.5 Å². The van der Waals surface area contributed by atoms with Crippen LogP contribution in [0.3, 0.4) is 0 Å². The van der Waals surface area contributed by atoms with Gasteiger partial charge >= 0.3 is 0 Å². The van der Waals surface area contributed by atoms with E-state index in [1.807, 2.05) is 18.2 Å². The molecule has 0 amide bonds. The summed E-state index contributed by atoms with van der Waals surface area (Å²) < 4.78 is 5.19. The van der Waals surface area contributed by atoms with Gasteiger partial charge in [0.05, 0.1) is 17.8 Å². The van der Waals surface area contributed by atoms with Crippen LogP contribution in [0.4, 0.5) is 5.69 Å². The summed E-state index contributed by atoms with van der Waals surface area (Å²) in [4.78, 5) is 0. The smallest absolute Gasteiger partial charge is 0.121 e. The lowest BCUT2D eigenvalue weighted by Crippen LogP contribution is -2.07. The number of benzene rings is 1. The van der Waals surface area contributed by atoms with E-state index >= 15 is 0 Å². The Bertz CT molecular complexity index is 361. The van der Waals surface area contributed by atoms with Gasteiger partial charge in [0.1, 0.15) is 5.75 Å². The maximum absolute atomic E-state index is 6.13. The molecular weight excluding hydrogens is 234 g/mol. The van der Waals surface area contributed by atoms with Crippen LogP contribution in [0, 0.1) is 5.92 Å². The van der Waals surface area contributed by atoms with E-state index in [9.17, 15) is 0 Å². The van der Waals surface area contributed by atoms with Crippen molar-refractivity contribution in [3.05, 3.63) is 23.2 Å². The molecule has 1 aromatic carbocycles. The Morgan fingerprint density at radius 1 is 1.35 bits per heavy atom. The normalized spacial score (nSPS) is 16.1. The van der Waals surface area contributed by atoms with Crippen molar-refractivity contribution in [3.63, 3.8) is 0 Å². The van der Waals surface area contributed by atoms with Gasteiger partial charge in [0.2, 0.25) is 0 Å². The number of hydrogen-bond acceptors (Lipinski definition) is 2. The second kappa shape index (κ2) is 6.15. The minimum Gasteiger partial charge on any atom is -0.497 e. The molecule has 1 aliphatic carbocycles. The number of nitrogens with one attached hydrogen (secondary N) is 1. The minimum atomic E-state index is 0.761. The van der Waals surface area contributed by atoms with Crippen LogP contribution in [0.15, 0.2) is 18.2 Å². The molecule has 2 nitrogen and oxygen atoms in total. The molecular formula is C14H20ClNO. The molecule has 17 heavy (non-hydrogen) atoms. The summed E-state index contributed by atoms with van der Waals surface area (Å²) in [5.74, 6) is 1.75. The van der Waals surface area contributed by atoms with E-state index < -0.39 is 0 Å². The lowest BCUT2D eigenvalue weighted by atomic mass is 10.0. The van der Waals surface area contributed by atoms with Crippen LogP contribution in [0.5, 0.6) is 5.75 Å². The van der Waals surface area contributed by atoms with Crippen molar-refractivity contribution in [3.8, 4) is 5.75 Å². The molecule has 0 spiro atoms. The summed E-state index contributed by atoms with van der Waals surface area (Å²) in [7, 11) is 1.67. The van der Waals surface area contributed by atoms with Crippen LogP contribution in [-0.4, -0.2) is 13.7 Å². The third-order valence-corrected chi connectivity index (χ3v) is 3.85. The third kappa shape index (κ3) is 3.53. The average Bonchev–Trinajstić information content (AvgIpc) is 2.84. The van der Waals surface area contributed by atoms with Crippen molar-refractivity contribution >= 4 is 17.3 Å². The lowest BCUT2D eigenvalue weighted by Gasteiger charge is -2.12. The molecule has 0 bridgehead atoms. The third-order valence-electron chi connectivity index (χ3n) is 3.52. The van der Waals surface area contributed by atoms with Crippen molar-refractivity contribution in [1.29, 1.82) is 0 Å². The monoisotopic (exact) mass is 253 g/mol. The zero-order valence-corrected chi connectivity index (χ0v) is 11.1. The Labute approximate surface area is 108 Å². The van der Waals surface area contributed by atoms with Crippen molar-refractivity contribution in [2.45, 2.75) is 32.1 Å². The van der Waals surface area contributed by atoms with E-state index in [4.69, 9.17) is 16.3 Å². The van der Waals surface area contributed by atoms with Crippen LogP contribution in [-0.2, 0) is 0 Å². The highest BCUT2D eigenvalue weighted by atomic mass is 35.5. The Hall–Kier alpha value is -0.890. The van der Waals surface area contributed by atoms with Gasteiger partial charge in [0, 0.05) is 12.6 Å². The maximum atomic E-state index is 6.13. The molecule has 0 heterocycles. The predicted molar refractivity (Wildman–Crippen MR) is 73.1 cm³/mol. The van der Waals surface area contributed by atoms with Crippen molar-refractivity contribution < 1.29 is 4.74 Å². The summed E-state index contributed by atoms with van der Waals surface area (Å²) in [5.41, 5.74) is 0.976. The molecule has 0 unspecified atom stereocenters. The molecule has 1 saturated carbocycles. The van der Waals surface area contributed by atoms with Crippen molar-refractivity contribution in [1.82, 2.24) is 0 Å². The van der Waals surface area contributed by atoms with E-state index in [0.717, 1.165) is 28.9 Å². The molecule has 0 saturated heterocycles. The van der Waals surface area contributed by atoms with Crippen LogP contribution in [0.25, 0.3) is 0 Å². The number of methoxy groups -OCH3 is 1. The molecule has 1 aromatic rings. The second-order valence-electron chi connectivity index (χ2n) is 4.71. The topological polar surface area (TPSA) is 21.3 Å². The van der Waals surface area contributed by atoms with Crippen LogP contribution >= 0.6 is 11.6 Å². The van der Waals surface area contributed by atoms with E-state index in [1.54, 1.807) is 7.11 Å². The second-order valence-corrected chi connectivity index (χ2v) is 5.12. The molecule has 94 valence electrons. The molecule has 1 fully saturated rings. The van der Waals surface area contributed by atoms with Gasteiger partial charge < -0.3 is 10.1 Å². The van der Waals surface area contributed by atoms with Crippen molar-refractivity contribution in [2.24, 2.45) is 5.92 Å². The summed E-state index contributed by atoms with van der Waals surface area (Å²) >= 11 is 6.13. The Morgan fingerprint density at radius 3 is 2.82 bits per heavy atom. The quantitative estimate of drug-likeness (QED) is 0.843. The largest absolute Gasteiger partial charge is 0.497 e. The number of anilines is 1. The molecule has 0 atom stereocenters. The Kier molecular flexibility index (Phi) is 4.55. The highest BCUT2D eigenvalue weighted by molar-refractivity contribution is 6.33. The van der Waals surface area contributed by atoms with Gasteiger partial charge in [0.15, 0.2) is 0 Å². The summed E-state index contributed by atoms with van der Waals surface area (Å²) in [6.07, 6.45) is 6.85. The highest BCUT2D eigenvalue weighted by Crippen LogP contribution is 2.29.